The van der Waals surface area contributed by atoms with Crippen molar-refractivity contribution >= 4 is 69.5 Å². The third-order valence-corrected chi connectivity index (χ3v) is 9.46. The fraction of sp³-hybridized carbons (Fsp3) is 0.278. The molecule has 44 heavy (non-hydrogen) atoms. The molecule has 0 aliphatic carbocycles. The van der Waals surface area contributed by atoms with Crippen LogP contribution in [0.25, 0.3) is 0 Å². The van der Waals surface area contributed by atoms with E-state index in [-0.39, 0.29) is 22.3 Å². The molecule has 2 unspecified atom stereocenters. The summed E-state index contributed by atoms with van der Waals surface area (Å²) in [6.45, 7) is 8.30. The van der Waals surface area contributed by atoms with E-state index < -0.39 is 0 Å². The zero-order valence-corrected chi connectivity index (χ0v) is 27.5. The van der Waals surface area contributed by atoms with Gasteiger partial charge >= 0.3 is 0 Å². The van der Waals surface area contributed by atoms with Gasteiger partial charge in [-0.25, -0.2) is 0 Å². The highest BCUT2D eigenvalue weighted by Crippen LogP contribution is 2.23. The molecular weight excluding hydrogens is 585 g/mol. The molecule has 0 fully saturated rings. The summed E-state index contributed by atoms with van der Waals surface area (Å²) in [6.07, 6.45) is 0.909. The van der Waals surface area contributed by atoms with Gasteiger partial charge in [-0.3, -0.25) is 9.59 Å². The molecule has 4 N–H and O–H groups in total. The van der Waals surface area contributed by atoms with Crippen LogP contribution in [0, 0.1) is 13.8 Å². The van der Waals surface area contributed by atoms with E-state index in [1.807, 2.05) is 72.8 Å². The van der Waals surface area contributed by atoms with Crippen molar-refractivity contribution in [3.05, 3.63) is 108 Å². The summed E-state index contributed by atoms with van der Waals surface area (Å²) < 4.78 is 0. The van der Waals surface area contributed by atoms with Crippen molar-refractivity contribution in [1.82, 2.24) is 0 Å². The molecule has 0 saturated carbocycles. The molecule has 0 heterocycles. The van der Waals surface area contributed by atoms with Crippen LogP contribution in [-0.2, 0) is 9.59 Å². The number of amides is 2. The molecule has 8 heteroatoms. The standard InChI is InChI=1S/C36H42N4O2S2/c1-25-5-9-29(10-6-25)37-31-13-17-33(18-14-31)39-35(41)23-27(3)43-21-22-44-28(4)24-36(42)40-34-19-15-32(16-20-34)38-30-11-7-26(2)8-12-30/h5-20,27-28,37-38H,21-24H2,1-4H3,(H,39,41)(H,40,42). The van der Waals surface area contributed by atoms with E-state index >= 15 is 0 Å². The lowest BCUT2D eigenvalue weighted by molar-refractivity contribution is -0.117. The summed E-state index contributed by atoms with van der Waals surface area (Å²) in [5.41, 5.74) is 8.03. The van der Waals surface area contributed by atoms with Crippen molar-refractivity contribution in [2.45, 2.75) is 51.0 Å². The Bertz CT molecular complexity index is 1360. The Balaban J connectivity index is 1.07. The highest BCUT2D eigenvalue weighted by molar-refractivity contribution is 8.03. The fourth-order valence-corrected chi connectivity index (χ4v) is 6.56. The van der Waals surface area contributed by atoms with Gasteiger partial charge in [-0.1, -0.05) is 49.2 Å². The first-order valence-corrected chi connectivity index (χ1v) is 17.0. The number of carbonyl (C=O) groups is 2. The number of hydrogen-bond donors (Lipinski definition) is 4. The van der Waals surface area contributed by atoms with E-state index in [4.69, 9.17) is 0 Å². The number of anilines is 6. The van der Waals surface area contributed by atoms with Crippen LogP contribution in [0.1, 0.15) is 37.8 Å². The summed E-state index contributed by atoms with van der Waals surface area (Å²) in [5, 5.41) is 13.2. The van der Waals surface area contributed by atoms with Gasteiger partial charge < -0.3 is 21.3 Å². The SMILES string of the molecule is Cc1ccc(Nc2ccc(NC(=O)CC(C)SCCSC(C)CC(=O)Nc3ccc(Nc4ccc(C)cc4)cc3)cc2)cc1. The molecule has 4 rings (SSSR count). The maximum Gasteiger partial charge on any atom is 0.225 e. The maximum absolute atomic E-state index is 12.6. The molecule has 0 aliphatic heterocycles. The Labute approximate surface area is 270 Å². The highest BCUT2D eigenvalue weighted by atomic mass is 32.2. The minimum Gasteiger partial charge on any atom is -0.356 e. The number of benzene rings is 4. The number of rotatable bonds is 15. The minimum absolute atomic E-state index is 0.0147. The lowest BCUT2D eigenvalue weighted by Gasteiger charge is -2.14. The number of thioether (sulfide) groups is 2. The number of aryl methyl sites for hydroxylation is 2. The van der Waals surface area contributed by atoms with Crippen molar-refractivity contribution in [3.63, 3.8) is 0 Å². The molecule has 6 nitrogen and oxygen atoms in total. The molecule has 0 spiro atoms. The van der Waals surface area contributed by atoms with Gasteiger partial charge in [0.15, 0.2) is 0 Å². The number of hydrogen-bond acceptors (Lipinski definition) is 6. The summed E-state index contributed by atoms with van der Waals surface area (Å²) in [6, 6.07) is 32.0. The average Bonchev–Trinajstić information content (AvgIpc) is 2.99. The fourth-order valence-electron chi connectivity index (χ4n) is 4.44. The number of nitrogens with one attached hydrogen (secondary N) is 4. The lowest BCUT2D eigenvalue weighted by Crippen LogP contribution is -2.17. The third kappa shape index (κ3) is 11.7. The summed E-state index contributed by atoms with van der Waals surface area (Å²) in [4.78, 5) is 25.1. The lowest BCUT2D eigenvalue weighted by atomic mass is 10.2. The Kier molecular flexibility index (Phi) is 12.6. The first kappa shape index (κ1) is 33.0. The van der Waals surface area contributed by atoms with Gasteiger partial charge in [-0.15, -0.1) is 0 Å². The van der Waals surface area contributed by atoms with Crippen LogP contribution in [0.5, 0.6) is 0 Å². The summed E-state index contributed by atoms with van der Waals surface area (Å²) in [7, 11) is 0. The minimum atomic E-state index is 0.0147. The molecule has 2 atom stereocenters. The van der Waals surface area contributed by atoms with Crippen molar-refractivity contribution in [3.8, 4) is 0 Å². The maximum atomic E-state index is 12.6. The Morgan fingerprint density at radius 1 is 0.500 bits per heavy atom. The smallest absolute Gasteiger partial charge is 0.225 e. The second-order valence-electron chi connectivity index (χ2n) is 11.0. The van der Waals surface area contributed by atoms with Crippen molar-refractivity contribution in [1.29, 1.82) is 0 Å². The van der Waals surface area contributed by atoms with Crippen LogP contribution in [0.4, 0.5) is 34.1 Å². The predicted octanol–water partition coefficient (Wildman–Crippen LogP) is 9.39. The molecule has 0 aliphatic rings. The molecule has 4 aromatic rings. The first-order valence-electron chi connectivity index (χ1n) is 14.9. The quantitative estimate of drug-likeness (QED) is 0.0985. The normalized spacial score (nSPS) is 12.2. The van der Waals surface area contributed by atoms with Crippen LogP contribution in [0.2, 0.25) is 0 Å². The van der Waals surface area contributed by atoms with Gasteiger partial charge in [0, 0.05) is 69.0 Å². The monoisotopic (exact) mass is 626 g/mol. The topological polar surface area (TPSA) is 82.3 Å². The molecule has 230 valence electrons. The summed E-state index contributed by atoms with van der Waals surface area (Å²) >= 11 is 3.58. The molecule has 2 amide bonds. The Morgan fingerprint density at radius 2 is 0.773 bits per heavy atom. The second-order valence-corrected chi connectivity index (χ2v) is 14.1. The van der Waals surface area contributed by atoms with Gasteiger partial charge in [0.25, 0.3) is 0 Å². The van der Waals surface area contributed by atoms with E-state index in [1.165, 1.54) is 11.1 Å². The Hall–Kier alpha value is -3.88. The van der Waals surface area contributed by atoms with Crippen molar-refractivity contribution in [2.75, 3.05) is 32.8 Å². The van der Waals surface area contributed by atoms with Gasteiger partial charge in [-0.2, -0.15) is 23.5 Å². The summed E-state index contributed by atoms with van der Waals surface area (Å²) in [5.74, 6) is 1.89. The molecule has 4 aromatic carbocycles. The molecule has 0 aromatic heterocycles. The first-order chi connectivity index (χ1) is 21.2. The number of carbonyl (C=O) groups excluding carboxylic acids is 2. The van der Waals surface area contributed by atoms with Crippen LogP contribution < -0.4 is 21.3 Å². The Morgan fingerprint density at radius 3 is 1.09 bits per heavy atom. The van der Waals surface area contributed by atoms with Crippen LogP contribution >= 0.6 is 23.5 Å². The van der Waals surface area contributed by atoms with Crippen molar-refractivity contribution < 1.29 is 9.59 Å². The zero-order valence-electron chi connectivity index (χ0n) is 25.9. The van der Waals surface area contributed by atoms with Crippen LogP contribution in [-0.4, -0.2) is 33.8 Å². The van der Waals surface area contributed by atoms with E-state index in [9.17, 15) is 9.59 Å². The predicted molar refractivity (Wildman–Crippen MR) is 192 cm³/mol. The molecule has 0 radical (unpaired) electrons. The van der Waals surface area contributed by atoms with E-state index in [1.54, 1.807) is 23.5 Å². The average molecular weight is 627 g/mol. The van der Waals surface area contributed by atoms with Gasteiger partial charge in [-0.05, 0) is 86.6 Å². The van der Waals surface area contributed by atoms with Gasteiger partial charge in [0.2, 0.25) is 11.8 Å². The van der Waals surface area contributed by atoms with Gasteiger partial charge in [0.1, 0.15) is 0 Å². The van der Waals surface area contributed by atoms with Gasteiger partial charge in [0.05, 0.1) is 0 Å². The largest absolute Gasteiger partial charge is 0.356 e. The highest BCUT2D eigenvalue weighted by Gasteiger charge is 2.13. The molecular formula is C36H42N4O2S2. The van der Waals surface area contributed by atoms with E-state index in [0.29, 0.717) is 12.8 Å². The van der Waals surface area contributed by atoms with E-state index in [2.05, 4.69) is 73.2 Å². The zero-order chi connectivity index (χ0) is 31.3. The molecule has 0 bridgehead atoms. The molecule has 0 saturated heterocycles. The van der Waals surface area contributed by atoms with Crippen molar-refractivity contribution in [2.24, 2.45) is 0 Å². The van der Waals surface area contributed by atoms with Crippen LogP contribution in [0.15, 0.2) is 97.1 Å². The van der Waals surface area contributed by atoms with E-state index in [0.717, 1.165) is 45.6 Å². The third-order valence-electron chi connectivity index (χ3n) is 6.85. The van der Waals surface area contributed by atoms with Crippen LogP contribution in [0.3, 0.4) is 0 Å². The second kappa shape index (κ2) is 16.8.